The minimum absolute atomic E-state index is 0.0251. The van der Waals surface area contributed by atoms with Gasteiger partial charge in [0.25, 0.3) is 0 Å². The Morgan fingerprint density at radius 3 is 2.79 bits per heavy atom. The van der Waals surface area contributed by atoms with Crippen molar-refractivity contribution in [3.63, 3.8) is 0 Å². The lowest BCUT2D eigenvalue weighted by molar-refractivity contribution is 0.528. The fourth-order valence-corrected chi connectivity index (χ4v) is 2.81. The Bertz CT molecular complexity index is 582. The molecular weight excluding hydrogens is 328 g/mol. The zero-order valence-electron chi connectivity index (χ0n) is 10.8. The first-order valence-corrected chi connectivity index (χ1v) is 7.09. The Morgan fingerprint density at radius 1 is 1.47 bits per heavy atom. The van der Waals surface area contributed by atoms with E-state index in [0.29, 0.717) is 5.02 Å². The highest BCUT2D eigenvalue weighted by Gasteiger charge is 2.16. The summed E-state index contributed by atoms with van der Waals surface area (Å²) in [5.74, 6) is 5.68. The van der Waals surface area contributed by atoms with Crippen molar-refractivity contribution >= 4 is 27.5 Å². The molecule has 0 saturated carbocycles. The van der Waals surface area contributed by atoms with E-state index >= 15 is 0 Å². The summed E-state index contributed by atoms with van der Waals surface area (Å²) in [5, 5.41) is 5.04. The largest absolute Gasteiger partial charge is 0.272 e. The van der Waals surface area contributed by atoms with E-state index in [1.54, 1.807) is 0 Å². The zero-order valence-corrected chi connectivity index (χ0v) is 13.2. The number of nitrogens with two attached hydrogens (primary N) is 1. The first kappa shape index (κ1) is 14.5. The van der Waals surface area contributed by atoms with Gasteiger partial charge in [0.05, 0.1) is 11.7 Å². The molecule has 102 valence electrons. The molecule has 6 heteroatoms. The molecule has 0 aliphatic carbocycles. The minimum Gasteiger partial charge on any atom is -0.272 e. The number of hydrogen-bond donors (Lipinski definition) is 2. The third kappa shape index (κ3) is 3.36. The maximum atomic E-state index is 6.05. The van der Waals surface area contributed by atoms with Gasteiger partial charge >= 0.3 is 0 Å². The molecule has 0 bridgehead atoms. The molecule has 4 nitrogen and oxygen atoms in total. The third-order valence-electron chi connectivity index (χ3n) is 3.05. The number of aromatic nitrogens is 2. The normalized spacial score (nSPS) is 12.7. The Hall–Kier alpha value is -0.880. The molecule has 0 saturated heterocycles. The van der Waals surface area contributed by atoms with Gasteiger partial charge in [-0.2, -0.15) is 5.10 Å². The highest BCUT2D eigenvalue weighted by molar-refractivity contribution is 9.10. The monoisotopic (exact) mass is 342 g/mol. The fourth-order valence-electron chi connectivity index (χ4n) is 2.10. The van der Waals surface area contributed by atoms with Gasteiger partial charge in [-0.25, -0.2) is 0 Å². The maximum Gasteiger partial charge on any atom is 0.0596 e. The molecule has 0 aliphatic heterocycles. The van der Waals surface area contributed by atoms with Crippen LogP contribution in [0.3, 0.4) is 0 Å². The maximum absolute atomic E-state index is 6.05. The molecule has 1 aromatic carbocycles. The van der Waals surface area contributed by atoms with E-state index in [4.69, 9.17) is 17.4 Å². The molecule has 1 heterocycles. The smallest absolute Gasteiger partial charge is 0.0596 e. The number of rotatable bonds is 4. The predicted octanol–water partition coefficient (Wildman–Crippen LogP) is 2.89. The minimum atomic E-state index is -0.0251. The van der Waals surface area contributed by atoms with Gasteiger partial charge in [-0.3, -0.25) is 16.0 Å². The van der Waals surface area contributed by atoms with Gasteiger partial charge in [0.2, 0.25) is 0 Å². The van der Waals surface area contributed by atoms with Crippen LogP contribution >= 0.6 is 27.5 Å². The molecule has 1 unspecified atom stereocenters. The topological polar surface area (TPSA) is 55.9 Å². The summed E-state index contributed by atoms with van der Waals surface area (Å²) in [6.45, 7) is 1.98. The van der Waals surface area contributed by atoms with Gasteiger partial charge in [0.15, 0.2) is 0 Å². The number of nitrogens with zero attached hydrogens (tertiary/aromatic N) is 2. The molecule has 0 radical (unpaired) electrons. The van der Waals surface area contributed by atoms with E-state index in [0.717, 1.165) is 27.8 Å². The molecule has 0 aliphatic rings. The van der Waals surface area contributed by atoms with E-state index in [2.05, 4.69) is 32.5 Å². The first-order valence-electron chi connectivity index (χ1n) is 5.92. The molecule has 0 amide bonds. The van der Waals surface area contributed by atoms with Crippen LogP contribution in [0.25, 0.3) is 0 Å². The molecule has 1 aromatic heterocycles. The number of nitrogens with one attached hydrogen (secondary N) is 1. The number of hydrogen-bond acceptors (Lipinski definition) is 3. The molecule has 1 atom stereocenters. The van der Waals surface area contributed by atoms with Gasteiger partial charge in [-0.15, -0.1) is 0 Å². The van der Waals surface area contributed by atoms with Crippen molar-refractivity contribution in [3.8, 4) is 0 Å². The quantitative estimate of drug-likeness (QED) is 0.663. The van der Waals surface area contributed by atoms with Crippen LogP contribution in [0.4, 0.5) is 0 Å². The highest BCUT2D eigenvalue weighted by Crippen LogP contribution is 2.28. The predicted molar refractivity (Wildman–Crippen MR) is 80.9 cm³/mol. The van der Waals surface area contributed by atoms with Crippen molar-refractivity contribution in [1.82, 2.24) is 15.2 Å². The van der Waals surface area contributed by atoms with E-state index in [9.17, 15) is 0 Å². The molecule has 0 spiro atoms. The van der Waals surface area contributed by atoms with Crippen molar-refractivity contribution < 1.29 is 0 Å². The lowest BCUT2D eigenvalue weighted by Gasteiger charge is -2.18. The van der Waals surface area contributed by atoms with Crippen molar-refractivity contribution in [3.05, 3.63) is 50.7 Å². The summed E-state index contributed by atoms with van der Waals surface area (Å²) in [6, 6.07) is 7.72. The van der Waals surface area contributed by atoms with E-state index in [1.807, 2.05) is 36.9 Å². The highest BCUT2D eigenvalue weighted by atomic mass is 79.9. The molecule has 0 fully saturated rings. The molecule has 2 aromatic rings. The van der Waals surface area contributed by atoms with Gasteiger partial charge in [0, 0.05) is 28.7 Å². The SMILES string of the molecule is Cc1cc(CC(NN)c2cc(Cl)ccc2Br)n(C)n1. The van der Waals surface area contributed by atoms with Crippen molar-refractivity contribution in [1.29, 1.82) is 0 Å². The summed E-state index contributed by atoms with van der Waals surface area (Å²) in [7, 11) is 1.93. The Labute approximate surface area is 126 Å². The first-order chi connectivity index (χ1) is 9.01. The van der Waals surface area contributed by atoms with Crippen LogP contribution in [-0.4, -0.2) is 9.78 Å². The van der Waals surface area contributed by atoms with Crippen LogP contribution in [0, 0.1) is 6.92 Å². The second-order valence-corrected chi connectivity index (χ2v) is 5.78. The summed E-state index contributed by atoms with van der Waals surface area (Å²) >= 11 is 9.58. The second kappa shape index (κ2) is 6.05. The van der Waals surface area contributed by atoms with E-state index in [1.165, 1.54) is 0 Å². The number of hydrazine groups is 1. The summed E-state index contributed by atoms with van der Waals surface area (Å²) in [6.07, 6.45) is 0.743. The van der Waals surface area contributed by atoms with Crippen LogP contribution < -0.4 is 11.3 Å². The van der Waals surface area contributed by atoms with E-state index in [-0.39, 0.29) is 6.04 Å². The summed E-state index contributed by atoms with van der Waals surface area (Å²) < 4.78 is 2.86. The van der Waals surface area contributed by atoms with Crippen LogP contribution in [0.1, 0.15) is 23.0 Å². The third-order valence-corrected chi connectivity index (χ3v) is 4.00. The zero-order chi connectivity index (χ0) is 14.0. The number of benzene rings is 1. The van der Waals surface area contributed by atoms with Crippen LogP contribution in [0.2, 0.25) is 5.02 Å². The average molecular weight is 344 g/mol. The van der Waals surface area contributed by atoms with Crippen molar-refractivity contribution in [2.45, 2.75) is 19.4 Å². The standard InChI is InChI=1S/C13H16BrClN4/c1-8-5-10(19(2)18-8)7-13(17-16)11-6-9(15)3-4-12(11)14/h3-6,13,17H,7,16H2,1-2H3. The second-order valence-electron chi connectivity index (χ2n) is 4.49. The summed E-state index contributed by atoms with van der Waals surface area (Å²) in [5.41, 5.74) is 5.99. The lowest BCUT2D eigenvalue weighted by atomic mass is 10.0. The van der Waals surface area contributed by atoms with E-state index < -0.39 is 0 Å². The van der Waals surface area contributed by atoms with Gasteiger partial charge in [-0.1, -0.05) is 27.5 Å². The average Bonchev–Trinajstić information content (AvgIpc) is 2.68. The van der Waals surface area contributed by atoms with Gasteiger partial charge in [-0.05, 0) is 36.8 Å². The Morgan fingerprint density at radius 2 is 2.21 bits per heavy atom. The van der Waals surface area contributed by atoms with Crippen molar-refractivity contribution in [2.24, 2.45) is 12.9 Å². The van der Waals surface area contributed by atoms with Gasteiger partial charge < -0.3 is 0 Å². The molecule has 2 rings (SSSR count). The molecule has 3 N–H and O–H groups in total. The summed E-state index contributed by atoms with van der Waals surface area (Å²) in [4.78, 5) is 0. The van der Waals surface area contributed by atoms with Crippen molar-refractivity contribution in [2.75, 3.05) is 0 Å². The number of aryl methyl sites for hydroxylation is 2. The molecule has 19 heavy (non-hydrogen) atoms. The lowest BCUT2D eigenvalue weighted by Crippen LogP contribution is -2.30. The molecular formula is C13H16BrClN4. The van der Waals surface area contributed by atoms with Crippen LogP contribution in [0.15, 0.2) is 28.7 Å². The Kier molecular flexibility index (Phi) is 4.62. The Balaban J connectivity index is 2.30. The number of halogens is 2. The van der Waals surface area contributed by atoms with Crippen LogP contribution in [-0.2, 0) is 13.5 Å². The van der Waals surface area contributed by atoms with Crippen LogP contribution in [0.5, 0.6) is 0 Å². The fraction of sp³-hybridized carbons (Fsp3) is 0.308. The van der Waals surface area contributed by atoms with Gasteiger partial charge in [0.1, 0.15) is 0 Å².